The van der Waals surface area contributed by atoms with Gasteiger partial charge in [-0.25, -0.2) is 0 Å². The highest BCUT2D eigenvalue weighted by atomic mass is 16.4. The van der Waals surface area contributed by atoms with Crippen LogP contribution in [0.4, 0.5) is 0 Å². The average molecular weight is 359 g/mol. The Morgan fingerprint density at radius 2 is 0.960 bits per heavy atom. The van der Waals surface area contributed by atoms with E-state index in [9.17, 15) is 9.90 Å². The van der Waals surface area contributed by atoms with E-state index >= 15 is 0 Å². The van der Waals surface area contributed by atoms with Crippen molar-refractivity contribution >= 4 is 5.97 Å². The fourth-order valence-electron chi connectivity index (χ4n) is 2.85. The van der Waals surface area contributed by atoms with Gasteiger partial charge in [0, 0.05) is 0 Å². The monoisotopic (exact) mass is 358 g/mol. The fraction of sp³-hybridized carbons (Fsp3) is 0.955. The molecule has 0 spiro atoms. The van der Waals surface area contributed by atoms with E-state index in [2.05, 4.69) is 20.8 Å². The summed E-state index contributed by atoms with van der Waals surface area (Å²) < 4.78 is 0. The Kier molecular flexibility index (Phi) is 25.0. The van der Waals surface area contributed by atoms with Crippen molar-refractivity contribution in [2.75, 3.05) is 0 Å². The van der Waals surface area contributed by atoms with Crippen molar-refractivity contribution in [1.82, 2.24) is 0 Å². The molecule has 3 heteroatoms. The molecule has 1 atom stereocenters. The third-order valence-corrected chi connectivity index (χ3v) is 4.51. The smallest absolute Gasteiger partial charge is 0.305 e. The number of rotatable bonds is 17. The zero-order valence-electron chi connectivity index (χ0n) is 17.4. The second-order valence-electron chi connectivity index (χ2n) is 7.28. The lowest BCUT2D eigenvalue weighted by molar-refractivity contribution is -0.139. The molecule has 152 valence electrons. The maximum absolute atomic E-state index is 10.4. The molecule has 1 unspecified atom stereocenters. The largest absolute Gasteiger partial charge is 0.481 e. The van der Waals surface area contributed by atoms with Crippen LogP contribution in [0.3, 0.4) is 0 Å². The summed E-state index contributed by atoms with van der Waals surface area (Å²) >= 11 is 0. The molecule has 3 nitrogen and oxygen atoms in total. The Balaban J connectivity index is 0. The number of aliphatic hydroxyl groups excluding tert-OH is 1. The quantitative estimate of drug-likeness (QED) is 0.272. The molecular formula is C22H46O3. The Bertz CT molecular complexity index is 250. The molecule has 0 aromatic carbocycles. The molecule has 0 fully saturated rings. The second kappa shape index (κ2) is 23.4. The minimum absolute atomic E-state index is 0.113. The molecule has 0 heterocycles. The molecule has 0 rings (SSSR count). The van der Waals surface area contributed by atoms with Gasteiger partial charge in [0.15, 0.2) is 0 Å². The first-order chi connectivity index (χ1) is 12.1. The van der Waals surface area contributed by atoms with Crippen LogP contribution >= 0.6 is 0 Å². The lowest BCUT2D eigenvalue weighted by atomic mass is 10.0. The summed E-state index contributed by atoms with van der Waals surface area (Å²) in [6.45, 7) is 6.71. The van der Waals surface area contributed by atoms with Crippen molar-refractivity contribution in [1.29, 1.82) is 0 Å². The van der Waals surface area contributed by atoms with Crippen molar-refractivity contribution in [2.45, 2.75) is 136 Å². The topological polar surface area (TPSA) is 57.5 Å². The summed E-state index contributed by atoms with van der Waals surface area (Å²) in [6.07, 6.45) is 19.5. The van der Waals surface area contributed by atoms with Crippen LogP contribution in [0.2, 0.25) is 0 Å². The van der Waals surface area contributed by atoms with Crippen LogP contribution in [0.25, 0.3) is 0 Å². The minimum atomic E-state index is -0.907. The molecule has 0 radical (unpaired) electrons. The maximum Gasteiger partial charge on any atom is 0.305 e. The van der Waals surface area contributed by atoms with Gasteiger partial charge in [0.05, 0.1) is 12.5 Å². The number of carbonyl (C=O) groups is 1. The van der Waals surface area contributed by atoms with Crippen LogP contribution < -0.4 is 0 Å². The van der Waals surface area contributed by atoms with E-state index in [0.717, 1.165) is 12.8 Å². The van der Waals surface area contributed by atoms with Crippen LogP contribution in [0.15, 0.2) is 0 Å². The first kappa shape index (κ1) is 26.7. The molecule has 0 amide bonds. The zero-order chi connectivity index (χ0) is 19.2. The molecule has 0 saturated carbocycles. The van der Waals surface area contributed by atoms with Crippen molar-refractivity contribution in [3.63, 3.8) is 0 Å². The molecule has 25 heavy (non-hydrogen) atoms. The normalized spacial score (nSPS) is 11.7. The average Bonchev–Trinajstić information content (AvgIpc) is 2.57. The summed E-state index contributed by atoms with van der Waals surface area (Å²) in [7, 11) is 0. The number of unbranched alkanes of at least 4 members (excludes halogenated alkanes) is 13. The van der Waals surface area contributed by atoms with Gasteiger partial charge in [0.2, 0.25) is 0 Å². The maximum atomic E-state index is 10.4. The van der Waals surface area contributed by atoms with Gasteiger partial charge < -0.3 is 10.2 Å². The highest BCUT2D eigenvalue weighted by Crippen LogP contribution is 2.13. The van der Waals surface area contributed by atoms with Crippen LogP contribution in [-0.4, -0.2) is 22.3 Å². The number of hydrogen-bond acceptors (Lipinski definition) is 2. The van der Waals surface area contributed by atoms with E-state index in [1.54, 1.807) is 0 Å². The summed E-state index contributed by atoms with van der Waals surface area (Å²) in [5.41, 5.74) is 0. The molecule has 0 aliphatic rings. The van der Waals surface area contributed by atoms with Crippen LogP contribution in [-0.2, 0) is 4.79 Å². The van der Waals surface area contributed by atoms with Gasteiger partial charge in [0.1, 0.15) is 0 Å². The highest BCUT2D eigenvalue weighted by molar-refractivity contribution is 5.67. The van der Waals surface area contributed by atoms with Crippen molar-refractivity contribution in [3.05, 3.63) is 0 Å². The highest BCUT2D eigenvalue weighted by Gasteiger charge is 2.08. The second-order valence-corrected chi connectivity index (χ2v) is 7.28. The molecule has 0 saturated heterocycles. The first-order valence-corrected chi connectivity index (χ1v) is 11.0. The van der Waals surface area contributed by atoms with E-state index in [-0.39, 0.29) is 6.42 Å². The van der Waals surface area contributed by atoms with E-state index in [4.69, 9.17) is 5.11 Å². The van der Waals surface area contributed by atoms with Gasteiger partial charge in [-0.05, 0) is 6.42 Å². The Morgan fingerprint density at radius 1 is 0.640 bits per heavy atom. The number of hydrogen-bond donors (Lipinski definition) is 2. The third kappa shape index (κ3) is 28.5. The lowest BCUT2D eigenvalue weighted by Gasteiger charge is -2.07. The van der Waals surface area contributed by atoms with E-state index < -0.39 is 12.1 Å². The summed E-state index contributed by atoms with van der Waals surface area (Å²) in [5.74, 6) is -0.907. The molecule has 0 aromatic rings. The third-order valence-electron chi connectivity index (χ3n) is 4.51. The first-order valence-electron chi connectivity index (χ1n) is 11.0. The summed E-state index contributed by atoms with van der Waals surface area (Å²) in [5, 5.41) is 17.9. The SMILES string of the molecule is CCCCCC.CCCCCCCCCCCCCC(O)CC(=O)O. The van der Waals surface area contributed by atoms with Crippen LogP contribution in [0.5, 0.6) is 0 Å². The molecule has 0 bridgehead atoms. The fourth-order valence-corrected chi connectivity index (χ4v) is 2.85. The number of aliphatic carboxylic acids is 1. The molecule has 0 aliphatic heterocycles. The zero-order valence-corrected chi connectivity index (χ0v) is 17.4. The van der Waals surface area contributed by atoms with Gasteiger partial charge in [-0.1, -0.05) is 117 Å². The summed E-state index contributed by atoms with van der Waals surface area (Å²) in [4.78, 5) is 10.4. The van der Waals surface area contributed by atoms with Gasteiger partial charge in [0.25, 0.3) is 0 Å². The standard InChI is InChI=1S/C16H32O3.C6H14/c1-2-3-4-5-6-7-8-9-10-11-12-13-15(17)14-16(18)19;1-3-5-6-4-2/h15,17H,2-14H2,1H3,(H,18,19);3-6H2,1-2H3. The Labute approximate surface area is 157 Å². The predicted octanol–water partition coefficient (Wildman–Crippen LogP) is 7.11. The van der Waals surface area contributed by atoms with Gasteiger partial charge in [-0.3, -0.25) is 4.79 Å². The molecule has 2 N–H and O–H groups in total. The van der Waals surface area contributed by atoms with Crippen LogP contribution in [0, 0.1) is 0 Å². The number of carboxylic acids is 1. The van der Waals surface area contributed by atoms with Crippen molar-refractivity contribution < 1.29 is 15.0 Å². The van der Waals surface area contributed by atoms with E-state index in [1.165, 1.54) is 83.5 Å². The Hall–Kier alpha value is -0.570. The molecule has 0 aliphatic carbocycles. The van der Waals surface area contributed by atoms with Gasteiger partial charge in [-0.15, -0.1) is 0 Å². The van der Waals surface area contributed by atoms with Gasteiger partial charge in [-0.2, -0.15) is 0 Å². The minimum Gasteiger partial charge on any atom is -0.481 e. The van der Waals surface area contributed by atoms with Crippen LogP contribution in [0.1, 0.15) is 130 Å². The van der Waals surface area contributed by atoms with Crippen molar-refractivity contribution in [2.24, 2.45) is 0 Å². The predicted molar refractivity (Wildman–Crippen MR) is 109 cm³/mol. The summed E-state index contributed by atoms with van der Waals surface area (Å²) in [6, 6.07) is 0. The van der Waals surface area contributed by atoms with E-state index in [0.29, 0.717) is 6.42 Å². The number of carboxylic acid groups (broad SMARTS) is 1. The molecule has 0 aromatic heterocycles. The number of aliphatic hydroxyl groups is 1. The lowest BCUT2D eigenvalue weighted by Crippen LogP contribution is -2.12. The van der Waals surface area contributed by atoms with Crippen molar-refractivity contribution in [3.8, 4) is 0 Å². The van der Waals surface area contributed by atoms with E-state index in [1.807, 2.05) is 0 Å². The van der Waals surface area contributed by atoms with Gasteiger partial charge >= 0.3 is 5.97 Å². The molecular weight excluding hydrogens is 312 g/mol. The Morgan fingerprint density at radius 3 is 1.32 bits per heavy atom.